The Morgan fingerprint density at radius 3 is 2.77 bits per heavy atom. The number of fused-ring (bicyclic) bond motifs is 1. The third-order valence-corrected chi connectivity index (χ3v) is 5.04. The highest BCUT2D eigenvalue weighted by molar-refractivity contribution is 6.35. The highest BCUT2D eigenvalue weighted by atomic mass is 35.5. The first kappa shape index (κ1) is 21.4. The van der Waals surface area contributed by atoms with E-state index in [1.165, 1.54) is 6.08 Å². The maximum absolute atomic E-state index is 12.5. The lowest BCUT2D eigenvalue weighted by molar-refractivity contribution is -0.125. The number of rotatable bonds is 7. The molecule has 0 radical (unpaired) electrons. The molecule has 0 spiro atoms. The van der Waals surface area contributed by atoms with Crippen LogP contribution in [0.1, 0.15) is 11.1 Å². The Bertz CT molecular complexity index is 1090. The molecule has 2 aromatic heterocycles. The standard InChI is InChI=1S/C22H24ClN5O2/c1-24-20(29)12-26-19-9-7-15(11-25-19)8-10-21(30)27(2)13-16-14-28(3)22-17(16)5-4-6-18(22)23/h4-11,14H,12-13H2,1-3H3,(H,24,29)(H,25,26)/b10-8+. The maximum Gasteiger partial charge on any atom is 0.246 e. The zero-order chi connectivity index (χ0) is 21.7. The number of benzene rings is 1. The largest absolute Gasteiger partial charge is 0.361 e. The van der Waals surface area contributed by atoms with E-state index < -0.39 is 0 Å². The average Bonchev–Trinajstić information content (AvgIpc) is 3.07. The molecule has 2 amide bonds. The van der Waals surface area contributed by atoms with Crippen LogP contribution in [0.5, 0.6) is 0 Å². The lowest BCUT2D eigenvalue weighted by Crippen LogP contribution is -2.26. The minimum atomic E-state index is -0.122. The van der Waals surface area contributed by atoms with Gasteiger partial charge in [-0.1, -0.05) is 23.7 Å². The van der Waals surface area contributed by atoms with E-state index in [9.17, 15) is 9.59 Å². The molecular formula is C22H24ClN5O2. The summed E-state index contributed by atoms with van der Waals surface area (Å²) in [4.78, 5) is 29.7. The highest BCUT2D eigenvalue weighted by Crippen LogP contribution is 2.28. The number of aromatic nitrogens is 2. The number of nitrogens with zero attached hydrogens (tertiary/aromatic N) is 3. The molecule has 2 heterocycles. The van der Waals surface area contributed by atoms with Gasteiger partial charge in [0, 0.05) is 51.5 Å². The van der Waals surface area contributed by atoms with Gasteiger partial charge in [-0.25, -0.2) is 4.98 Å². The number of hydrogen-bond donors (Lipinski definition) is 2. The summed E-state index contributed by atoms with van der Waals surface area (Å²) in [6, 6.07) is 9.37. The molecule has 0 aliphatic rings. The van der Waals surface area contributed by atoms with Crippen LogP contribution in [0.4, 0.5) is 5.82 Å². The lowest BCUT2D eigenvalue weighted by atomic mass is 10.1. The molecule has 0 aliphatic heterocycles. The number of aryl methyl sites for hydroxylation is 1. The molecule has 30 heavy (non-hydrogen) atoms. The normalized spacial score (nSPS) is 11.1. The minimum absolute atomic E-state index is 0.115. The zero-order valence-electron chi connectivity index (χ0n) is 17.1. The van der Waals surface area contributed by atoms with Crippen molar-refractivity contribution >= 4 is 46.2 Å². The van der Waals surface area contributed by atoms with E-state index in [2.05, 4.69) is 15.6 Å². The van der Waals surface area contributed by atoms with Crippen LogP contribution < -0.4 is 10.6 Å². The SMILES string of the molecule is CNC(=O)CNc1ccc(/C=C/C(=O)N(C)Cc2cn(C)c3c(Cl)cccc23)cn1. The highest BCUT2D eigenvalue weighted by Gasteiger charge is 2.13. The Morgan fingerprint density at radius 1 is 1.27 bits per heavy atom. The number of amides is 2. The molecule has 3 aromatic rings. The fourth-order valence-corrected chi connectivity index (χ4v) is 3.43. The van der Waals surface area contributed by atoms with Crippen LogP contribution in [0.2, 0.25) is 5.02 Å². The smallest absolute Gasteiger partial charge is 0.246 e. The molecule has 0 aliphatic carbocycles. The maximum atomic E-state index is 12.5. The quantitative estimate of drug-likeness (QED) is 0.570. The number of anilines is 1. The molecule has 7 nitrogen and oxygen atoms in total. The van der Waals surface area contributed by atoms with Gasteiger partial charge in [0.2, 0.25) is 11.8 Å². The monoisotopic (exact) mass is 425 g/mol. The Labute approximate surface area is 180 Å². The molecule has 2 N–H and O–H groups in total. The van der Waals surface area contributed by atoms with Gasteiger partial charge in [-0.05, 0) is 35.4 Å². The molecule has 1 aromatic carbocycles. The van der Waals surface area contributed by atoms with Crippen LogP contribution >= 0.6 is 11.6 Å². The average molecular weight is 426 g/mol. The van der Waals surface area contributed by atoms with E-state index in [0.717, 1.165) is 22.0 Å². The van der Waals surface area contributed by atoms with Gasteiger partial charge in [0.25, 0.3) is 0 Å². The van der Waals surface area contributed by atoms with Crippen LogP contribution in [-0.4, -0.2) is 46.9 Å². The van der Waals surface area contributed by atoms with E-state index >= 15 is 0 Å². The van der Waals surface area contributed by atoms with E-state index in [1.807, 2.05) is 42.1 Å². The second kappa shape index (κ2) is 9.45. The lowest BCUT2D eigenvalue weighted by Gasteiger charge is -2.14. The topological polar surface area (TPSA) is 79.3 Å². The second-order valence-electron chi connectivity index (χ2n) is 6.93. The van der Waals surface area contributed by atoms with Gasteiger partial charge in [-0.3, -0.25) is 9.59 Å². The summed E-state index contributed by atoms with van der Waals surface area (Å²) in [7, 11) is 5.29. The Kier molecular flexibility index (Phi) is 6.74. The Morgan fingerprint density at radius 2 is 2.07 bits per heavy atom. The van der Waals surface area contributed by atoms with Crippen molar-refractivity contribution in [1.29, 1.82) is 0 Å². The van der Waals surface area contributed by atoms with Gasteiger partial charge in [0.05, 0.1) is 17.1 Å². The summed E-state index contributed by atoms with van der Waals surface area (Å²) in [5, 5.41) is 7.18. The van der Waals surface area contributed by atoms with Gasteiger partial charge in [-0.15, -0.1) is 0 Å². The Balaban J connectivity index is 1.62. The van der Waals surface area contributed by atoms with Gasteiger partial charge in [0.15, 0.2) is 0 Å². The van der Waals surface area contributed by atoms with E-state index in [4.69, 9.17) is 11.6 Å². The van der Waals surface area contributed by atoms with Crippen molar-refractivity contribution in [3.63, 3.8) is 0 Å². The molecule has 0 bridgehead atoms. The predicted molar refractivity (Wildman–Crippen MR) is 120 cm³/mol. The van der Waals surface area contributed by atoms with Crippen molar-refractivity contribution in [2.45, 2.75) is 6.54 Å². The fraction of sp³-hybridized carbons (Fsp3) is 0.227. The Hall–Kier alpha value is -3.32. The molecule has 0 fully saturated rings. The van der Waals surface area contributed by atoms with Gasteiger partial charge in [-0.2, -0.15) is 0 Å². The summed E-state index contributed by atoms with van der Waals surface area (Å²) in [6.07, 6.45) is 6.88. The van der Waals surface area contributed by atoms with Crippen LogP contribution in [0, 0.1) is 0 Å². The summed E-state index contributed by atoms with van der Waals surface area (Å²) in [5.41, 5.74) is 2.79. The first-order valence-electron chi connectivity index (χ1n) is 9.45. The van der Waals surface area contributed by atoms with Crippen molar-refractivity contribution in [2.24, 2.45) is 7.05 Å². The second-order valence-corrected chi connectivity index (χ2v) is 7.34. The first-order valence-corrected chi connectivity index (χ1v) is 9.83. The molecule has 0 unspecified atom stereocenters. The van der Waals surface area contributed by atoms with Crippen LogP contribution in [0.25, 0.3) is 17.0 Å². The number of carbonyl (C=O) groups excluding carboxylic acids is 2. The number of nitrogens with one attached hydrogen (secondary N) is 2. The first-order chi connectivity index (χ1) is 14.4. The van der Waals surface area contributed by atoms with Gasteiger partial charge in [0.1, 0.15) is 5.82 Å². The molecule has 0 saturated carbocycles. The van der Waals surface area contributed by atoms with Crippen LogP contribution in [0.15, 0.2) is 48.8 Å². The summed E-state index contributed by atoms with van der Waals surface area (Å²) >= 11 is 6.30. The zero-order valence-corrected chi connectivity index (χ0v) is 17.9. The molecule has 3 rings (SSSR count). The molecule has 0 atom stereocenters. The summed E-state index contributed by atoms with van der Waals surface area (Å²) in [5.74, 6) is 0.354. The van der Waals surface area contributed by atoms with Crippen molar-refractivity contribution in [3.8, 4) is 0 Å². The van der Waals surface area contributed by atoms with Crippen LogP contribution in [0.3, 0.4) is 0 Å². The van der Waals surface area contributed by atoms with Crippen molar-refractivity contribution in [2.75, 3.05) is 26.0 Å². The minimum Gasteiger partial charge on any atom is -0.361 e. The fourth-order valence-electron chi connectivity index (χ4n) is 3.12. The van der Waals surface area contributed by atoms with Gasteiger partial charge < -0.3 is 20.1 Å². The van der Waals surface area contributed by atoms with Gasteiger partial charge >= 0.3 is 0 Å². The predicted octanol–water partition coefficient (Wildman–Crippen LogP) is 3.06. The van der Waals surface area contributed by atoms with Crippen LogP contribution in [-0.2, 0) is 23.2 Å². The van der Waals surface area contributed by atoms with Crippen molar-refractivity contribution in [3.05, 3.63) is 65.0 Å². The number of para-hydroxylation sites is 1. The third-order valence-electron chi connectivity index (χ3n) is 4.73. The number of halogens is 1. The van der Waals surface area contributed by atoms with Crippen molar-refractivity contribution in [1.82, 2.24) is 19.8 Å². The molecular weight excluding hydrogens is 402 g/mol. The number of pyridine rings is 1. The van der Waals surface area contributed by atoms with Crippen molar-refractivity contribution < 1.29 is 9.59 Å². The molecule has 156 valence electrons. The van der Waals surface area contributed by atoms with E-state index in [0.29, 0.717) is 17.4 Å². The molecule has 0 saturated heterocycles. The number of carbonyl (C=O) groups is 2. The summed E-state index contributed by atoms with van der Waals surface area (Å²) < 4.78 is 1.98. The third kappa shape index (κ3) is 4.99. The molecule has 8 heteroatoms. The van der Waals surface area contributed by atoms with E-state index in [1.54, 1.807) is 37.3 Å². The number of hydrogen-bond acceptors (Lipinski definition) is 4. The number of likely N-dealkylation sites (N-methyl/N-ethyl adjacent to an activating group) is 2. The summed E-state index contributed by atoms with van der Waals surface area (Å²) in [6.45, 7) is 0.628. The van der Waals surface area contributed by atoms with E-state index in [-0.39, 0.29) is 18.4 Å².